The molecule has 0 fully saturated rings. The van der Waals surface area contributed by atoms with Gasteiger partial charge in [0.2, 0.25) is 0 Å². The first kappa shape index (κ1) is 27.6. The number of benzene rings is 3. The molecule has 5 rings (SSSR count). The highest BCUT2D eigenvalue weighted by Crippen LogP contribution is 2.48. The molecule has 38 heavy (non-hydrogen) atoms. The first-order chi connectivity index (χ1) is 18.2. The van der Waals surface area contributed by atoms with Crippen molar-refractivity contribution < 1.29 is 5.11 Å². The molecule has 0 atom stereocenters. The van der Waals surface area contributed by atoms with Gasteiger partial charge in [0.1, 0.15) is 5.75 Å². The van der Waals surface area contributed by atoms with E-state index in [0.717, 1.165) is 51.7 Å². The molecule has 1 aliphatic carbocycles. The van der Waals surface area contributed by atoms with Gasteiger partial charge in [0.25, 0.3) is 0 Å². The van der Waals surface area contributed by atoms with Crippen LogP contribution in [0.25, 0.3) is 23.5 Å². The lowest BCUT2D eigenvalue weighted by Gasteiger charge is -2.20. The van der Waals surface area contributed by atoms with Crippen molar-refractivity contribution in [3.63, 3.8) is 0 Å². The minimum Gasteiger partial charge on any atom is -0.508 e. The molecule has 1 N–H and O–H groups in total. The van der Waals surface area contributed by atoms with Crippen molar-refractivity contribution in [1.82, 2.24) is 4.57 Å². The Morgan fingerprint density at radius 2 is 1.84 bits per heavy atom. The number of rotatable bonds is 7. The van der Waals surface area contributed by atoms with Crippen molar-refractivity contribution >= 4 is 46.7 Å². The van der Waals surface area contributed by atoms with E-state index in [4.69, 9.17) is 4.99 Å². The molecular weight excluding hydrogens is 554 g/mol. The molecule has 0 saturated heterocycles. The first-order valence-electron chi connectivity index (χ1n) is 12.6. The Hall–Kier alpha value is -3.48. The second kappa shape index (κ2) is 12.9. The lowest BCUT2D eigenvalue weighted by molar-refractivity contribution is 0.475. The molecule has 0 spiro atoms. The van der Waals surface area contributed by atoms with Crippen molar-refractivity contribution in [2.24, 2.45) is 4.99 Å². The predicted molar refractivity (Wildman–Crippen MR) is 167 cm³/mol. The highest BCUT2D eigenvalue weighted by molar-refractivity contribution is 8.93. The molecule has 4 nitrogen and oxygen atoms in total. The standard InChI is InChI=1S/C32H31N3OS.BrH/c1-3-18-33-26-13-15-28-25(17-20-34(19-4-2)29(28)21-26)11-8-12-32-35(23-24-9-6-5-7-10-24)30-22-27(36)14-16-31(30)37-32;/h4-17,19-22,36H,3,18,23H2,1-2H3;1H/b11-8-,19-4+,32-12-,33-26?;. The Bertz CT molecular complexity index is 1520. The largest absolute Gasteiger partial charge is 0.508 e. The number of anilines is 1. The summed E-state index contributed by atoms with van der Waals surface area (Å²) >= 11 is 1.73. The van der Waals surface area contributed by atoms with Crippen LogP contribution in [0.2, 0.25) is 0 Å². The van der Waals surface area contributed by atoms with Crippen LogP contribution >= 0.6 is 28.7 Å². The fraction of sp³-hybridized carbons (Fsp3) is 0.156. The van der Waals surface area contributed by atoms with E-state index in [2.05, 4.69) is 95.5 Å². The Balaban J connectivity index is 0.00000336. The van der Waals surface area contributed by atoms with Crippen molar-refractivity contribution in [1.29, 1.82) is 0 Å². The molecule has 0 radical (unpaired) electrons. The molecule has 194 valence electrons. The maximum Gasteiger partial charge on any atom is 0.117 e. The molecule has 0 amide bonds. The number of hydrogen-bond acceptors (Lipinski definition) is 4. The number of phenols is 1. The van der Waals surface area contributed by atoms with Gasteiger partial charge in [-0.3, -0.25) is 4.99 Å². The summed E-state index contributed by atoms with van der Waals surface area (Å²) in [5.74, 6) is 0.282. The topological polar surface area (TPSA) is 40.8 Å². The summed E-state index contributed by atoms with van der Waals surface area (Å²) in [4.78, 5) is 8.11. The van der Waals surface area contributed by atoms with Crippen LogP contribution < -0.4 is 10.3 Å². The molecule has 2 heterocycles. The molecule has 2 aliphatic heterocycles. The van der Waals surface area contributed by atoms with Crippen LogP contribution in [0.3, 0.4) is 0 Å². The monoisotopic (exact) mass is 585 g/mol. The smallest absolute Gasteiger partial charge is 0.117 e. The SMILES string of the molecule is Br.C/C=C/n1ccc(/C=C\C=C2/Sc3ccc(O)cc3N2Cc2ccccc2)c2ccc(=NCCC)cc1-2. The number of pyridine rings is 1. The lowest BCUT2D eigenvalue weighted by atomic mass is 10.0. The fourth-order valence-corrected chi connectivity index (χ4v) is 5.52. The van der Waals surface area contributed by atoms with Crippen LogP contribution in [0.4, 0.5) is 5.69 Å². The third-order valence-corrected chi connectivity index (χ3v) is 7.36. The first-order valence-corrected chi connectivity index (χ1v) is 13.5. The van der Waals surface area contributed by atoms with Gasteiger partial charge in [-0.2, -0.15) is 0 Å². The summed E-state index contributed by atoms with van der Waals surface area (Å²) < 4.78 is 2.15. The summed E-state index contributed by atoms with van der Waals surface area (Å²) in [6.07, 6.45) is 13.7. The second-order valence-electron chi connectivity index (χ2n) is 8.93. The molecule has 2 aromatic rings. The zero-order valence-corrected chi connectivity index (χ0v) is 24.1. The van der Waals surface area contributed by atoms with E-state index in [1.54, 1.807) is 17.8 Å². The molecular formula is C32H32BrN3OS. The minimum atomic E-state index is 0. The maximum atomic E-state index is 10.1. The number of hydrogen-bond donors (Lipinski definition) is 1. The average molecular weight is 587 g/mol. The zero-order valence-electron chi connectivity index (χ0n) is 21.6. The van der Waals surface area contributed by atoms with Crippen LogP contribution in [0.1, 0.15) is 31.4 Å². The van der Waals surface area contributed by atoms with E-state index in [1.165, 1.54) is 11.1 Å². The van der Waals surface area contributed by atoms with Crippen molar-refractivity contribution in [2.45, 2.75) is 31.7 Å². The van der Waals surface area contributed by atoms with Crippen LogP contribution in [0, 0.1) is 0 Å². The van der Waals surface area contributed by atoms with Gasteiger partial charge >= 0.3 is 0 Å². The van der Waals surface area contributed by atoms with E-state index in [-0.39, 0.29) is 22.7 Å². The van der Waals surface area contributed by atoms with Crippen molar-refractivity contribution in [3.8, 4) is 17.0 Å². The van der Waals surface area contributed by atoms with Gasteiger partial charge in [-0.25, -0.2) is 0 Å². The number of nitrogens with zero attached hydrogens (tertiary/aromatic N) is 3. The van der Waals surface area contributed by atoms with Gasteiger partial charge < -0.3 is 14.6 Å². The molecule has 2 aromatic carbocycles. The van der Waals surface area contributed by atoms with Gasteiger partial charge in [0.05, 0.1) is 21.8 Å². The number of fused-ring (bicyclic) bond motifs is 2. The number of aromatic hydroxyl groups is 1. The van der Waals surface area contributed by atoms with Gasteiger partial charge in [0.15, 0.2) is 0 Å². The van der Waals surface area contributed by atoms with Crippen LogP contribution in [-0.4, -0.2) is 16.2 Å². The van der Waals surface area contributed by atoms with Gasteiger partial charge in [-0.15, -0.1) is 17.0 Å². The number of aromatic nitrogens is 1. The number of phenolic OH excluding ortho intramolecular Hbond substituents is 1. The van der Waals surface area contributed by atoms with E-state index in [1.807, 2.05) is 31.2 Å². The highest BCUT2D eigenvalue weighted by Gasteiger charge is 2.25. The van der Waals surface area contributed by atoms with Gasteiger partial charge in [-0.05, 0) is 60.9 Å². The Kier molecular flexibility index (Phi) is 9.32. The summed E-state index contributed by atoms with van der Waals surface area (Å²) in [5.41, 5.74) is 5.73. The predicted octanol–water partition coefficient (Wildman–Crippen LogP) is 8.34. The highest BCUT2D eigenvalue weighted by atomic mass is 79.9. The third-order valence-electron chi connectivity index (χ3n) is 6.22. The molecule has 3 aliphatic rings. The van der Waals surface area contributed by atoms with Gasteiger partial charge in [0, 0.05) is 42.0 Å². The fourth-order valence-electron chi connectivity index (χ4n) is 4.46. The molecule has 0 bridgehead atoms. The summed E-state index contributed by atoms with van der Waals surface area (Å²) in [6.45, 7) is 5.75. The Morgan fingerprint density at radius 1 is 1.00 bits per heavy atom. The molecule has 0 aromatic heterocycles. The lowest BCUT2D eigenvalue weighted by Crippen LogP contribution is -2.16. The second-order valence-corrected chi connectivity index (χ2v) is 10.00. The third kappa shape index (κ3) is 6.14. The summed E-state index contributed by atoms with van der Waals surface area (Å²) in [7, 11) is 0. The summed E-state index contributed by atoms with van der Waals surface area (Å²) in [6, 6.07) is 24.6. The quantitative estimate of drug-likeness (QED) is 0.237. The van der Waals surface area contributed by atoms with E-state index < -0.39 is 0 Å². The number of halogens is 1. The molecule has 0 unspecified atom stereocenters. The zero-order chi connectivity index (χ0) is 25.6. The number of allylic oxidation sites excluding steroid dienone is 3. The van der Waals surface area contributed by atoms with E-state index >= 15 is 0 Å². The van der Waals surface area contributed by atoms with Gasteiger partial charge in [-0.1, -0.05) is 73.3 Å². The Labute approximate surface area is 239 Å². The van der Waals surface area contributed by atoms with Crippen LogP contribution in [0.5, 0.6) is 5.75 Å². The van der Waals surface area contributed by atoms with Crippen LogP contribution in [-0.2, 0) is 6.54 Å². The normalized spacial score (nSPS) is 14.6. The summed E-state index contributed by atoms with van der Waals surface area (Å²) in [5, 5.41) is 12.3. The van der Waals surface area contributed by atoms with E-state index in [9.17, 15) is 5.11 Å². The van der Waals surface area contributed by atoms with Crippen LogP contribution in [0.15, 0.2) is 112 Å². The maximum absolute atomic E-state index is 10.1. The Morgan fingerprint density at radius 3 is 2.63 bits per heavy atom. The molecule has 0 saturated carbocycles. The van der Waals surface area contributed by atoms with Crippen molar-refractivity contribution in [2.75, 3.05) is 11.4 Å². The average Bonchev–Trinajstić information content (AvgIpc) is 3.25. The van der Waals surface area contributed by atoms with Crippen molar-refractivity contribution in [3.05, 3.63) is 119 Å². The number of thioether (sulfide) groups is 1. The van der Waals surface area contributed by atoms with E-state index in [0.29, 0.717) is 0 Å². The molecule has 6 heteroatoms. The minimum absolute atomic E-state index is 0.